The van der Waals surface area contributed by atoms with Gasteiger partial charge in [0.05, 0.1) is 50.5 Å². The molecular formula is C20H37BF3N3O5P2. The zero-order valence-electron chi connectivity index (χ0n) is 21.1. The second-order valence-corrected chi connectivity index (χ2v) is 14.6. The lowest BCUT2D eigenvalue weighted by Gasteiger charge is -2.37. The van der Waals surface area contributed by atoms with Gasteiger partial charge < -0.3 is 23.7 Å². The van der Waals surface area contributed by atoms with Crippen LogP contribution in [0.25, 0.3) is 0 Å². The molecular weight excluding hydrogens is 492 g/mol. The van der Waals surface area contributed by atoms with Crippen molar-refractivity contribution in [2.24, 2.45) is 0 Å². The Bertz CT molecular complexity index is 755. The van der Waals surface area contributed by atoms with Crippen molar-refractivity contribution in [1.29, 1.82) is 5.26 Å². The number of hydrogen-bond donors (Lipinski definition) is 1. The molecule has 1 aliphatic rings. The van der Waals surface area contributed by atoms with Crippen LogP contribution in [0.15, 0.2) is 0 Å². The van der Waals surface area contributed by atoms with E-state index in [9.17, 15) is 22.5 Å². The highest BCUT2D eigenvalue weighted by Crippen LogP contribution is 2.50. The van der Waals surface area contributed by atoms with E-state index in [0.29, 0.717) is 0 Å². The van der Waals surface area contributed by atoms with E-state index in [1.165, 1.54) is 13.3 Å². The highest BCUT2D eigenvalue weighted by atomic mass is 31.2. The lowest BCUT2D eigenvalue weighted by molar-refractivity contribution is -0.175. The van der Waals surface area contributed by atoms with E-state index >= 15 is 0 Å². The summed E-state index contributed by atoms with van der Waals surface area (Å²) in [7, 11) is -2.70. The van der Waals surface area contributed by atoms with Gasteiger partial charge in [-0.2, -0.15) is 18.4 Å². The highest BCUT2D eigenvalue weighted by molar-refractivity contribution is 7.63. The second-order valence-electron chi connectivity index (χ2n) is 9.48. The molecule has 14 heteroatoms. The lowest BCUT2D eigenvalue weighted by atomic mass is 9.93. The molecule has 1 N–H and O–H groups in total. The third kappa shape index (κ3) is 9.07. The summed E-state index contributed by atoms with van der Waals surface area (Å²) in [5.74, 6) is -2.09. The van der Waals surface area contributed by atoms with Gasteiger partial charge in [0.25, 0.3) is 8.53 Å². The molecule has 1 heterocycles. The molecule has 0 aromatic heterocycles. The number of carbonyl (C=O) groups excluding carboxylic acids is 1. The van der Waals surface area contributed by atoms with Crippen molar-refractivity contribution in [3.8, 4) is 6.07 Å². The van der Waals surface area contributed by atoms with Crippen LogP contribution in [-0.2, 0) is 23.1 Å². The van der Waals surface area contributed by atoms with Crippen LogP contribution in [0.3, 0.4) is 0 Å². The number of nitrogens with zero attached hydrogens (tertiary/aromatic N) is 2. The Labute approximate surface area is 203 Å². The highest BCUT2D eigenvalue weighted by Gasteiger charge is 2.47. The SMILES string of the molecule is B[C@@H]1O[C@H](C(NC(=O)C(F)(F)F)C(C)P(C)(C)=O)C[C@@H]1OP(OCCC#N)N(C(C)C)C(C)C. The molecule has 0 aliphatic carbocycles. The van der Waals surface area contributed by atoms with Crippen molar-refractivity contribution >= 4 is 29.4 Å². The minimum atomic E-state index is -5.07. The molecule has 0 aromatic carbocycles. The van der Waals surface area contributed by atoms with E-state index in [-0.39, 0.29) is 31.5 Å². The first-order valence-corrected chi connectivity index (χ1v) is 15.1. The Morgan fingerprint density at radius 3 is 2.29 bits per heavy atom. The predicted molar refractivity (Wildman–Crippen MR) is 129 cm³/mol. The van der Waals surface area contributed by atoms with Gasteiger partial charge in [0.1, 0.15) is 7.85 Å². The fraction of sp³-hybridized carbons (Fsp3) is 0.900. The minimum Gasteiger partial charge on any atom is -0.379 e. The van der Waals surface area contributed by atoms with Crippen LogP contribution < -0.4 is 5.32 Å². The van der Waals surface area contributed by atoms with Crippen LogP contribution in [-0.4, -0.2) is 86.5 Å². The average Bonchev–Trinajstić information content (AvgIpc) is 3.03. The van der Waals surface area contributed by atoms with Gasteiger partial charge in [0.2, 0.25) is 0 Å². The fourth-order valence-electron chi connectivity index (χ4n) is 3.75. The van der Waals surface area contributed by atoms with E-state index < -0.39 is 57.7 Å². The molecule has 0 spiro atoms. The molecule has 1 aliphatic heterocycles. The van der Waals surface area contributed by atoms with Gasteiger partial charge in [0.15, 0.2) is 0 Å². The smallest absolute Gasteiger partial charge is 0.379 e. The van der Waals surface area contributed by atoms with Gasteiger partial charge in [-0.25, -0.2) is 4.67 Å². The molecule has 8 nitrogen and oxygen atoms in total. The van der Waals surface area contributed by atoms with Crippen molar-refractivity contribution in [3.63, 3.8) is 0 Å². The third-order valence-corrected chi connectivity index (χ3v) is 10.2. The van der Waals surface area contributed by atoms with Crippen LogP contribution in [0.2, 0.25) is 0 Å². The maximum absolute atomic E-state index is 13.0. The summed E-state index contributed by atoms with van der Waals surface area (Å²) in [5, 5.41) is 10.9. The fourth-order valence-corrected chi connectivity index (χ4v) is 6.59. The normalized spacial score (nSPS) is 24.3. The first-order chi connectivity index (χ1) is 15.5. The van der Waals surface area contributed by atoms with E-state index in [0.717, 1.165) is 0 Å². The van der Waals surface area contributed by atoms with Crippen molar-refractivity contribution in [3.05, 3.63) is 0 Å². The Morgan fingerprint density at radius 1 is 1.29 bits per heavy atom. The van der Waals surface area contributed by atoms with Crippen LogP contribution in [0.5, 0.6) is 0 Å². The van der Waals surface area contributed by atoms with E-state index in [1.54, 1.807) is 14.8 Å². The van der Waals surface area contributed by atoms with E-state index in [4.69, 9.17) is 19.0 Å². The molecule has 1 rings (SSSR count). The average molecular weight is 529 g/mol. The Morgan fingerprint density at radius 2 is 1.85 bits per heavy atom. The Balaban J connectivity index is 3.13. The zero-order chi connectivity index (χ0) is 26.4. The van der Waals surface area contributed by atoms with Gasteiger partial charge in [-0.1, -0.05) is 6.92 Å². The van der Waals surface area contributed by atoms with Gasteiger partial charge in [-0.15, -0.1) is 0 Å². The number of carbonyl (C=O) groups is 1. The van der Waals surface area contributed by atoms with Crippen molar-refractivity contribution < 1.29 is 36.3 Å². The summed E-state index contributed by atoms with van der Waals surface area (Å²) in [4.78, 5) is 11.7. The monoisotopic (exact) mass is 529 g/mol. The Kier molecular flexibility index (Phi) is 12.0. The summed E-state index contributed by atoms with van der Waals surface area (Å²) in [6.07, 6.45) is -6.03. The molecule has 6 atom stereocenters. The standard InChI is InChI=1S/C20H37BF3N3O5P2/c1-12(2)27(13(3)4)33(30-10-8-9-25)32-16-11-15(31-18(16)21)17(14(5)34(6,7)29)26-19(28)20(22,23)24/h12-18H,8,10-11,21H2,1-7H3,(H,26,28)/t14?,15-,16-,17?,18+,33?/m0/s1. The predicted octanol–water partition coefficient (Wildman–Crippen LogP) is 3.45. The van der Waals surface area contributed by atoms with E-state index in [1.807, 2.05) is 43.8 Å². The van der Waals surface area contributed by atoms with Crippen molar-refractivity contribution in [2.45, 2.75) is 95.6 Å². The minimum absolute atomic E-state index is 0.0755. The second kappa shape index (κ2) is 13.0. The molecule has 1 amide bonds. The largest absolute Gasteiger partial charge is 0.471 e. The molecule has 0 bridgehead atoms. The first kappa shape index (κ1) is 31.3. The van der Waals surface area contributed by atoms with Crippen LogP contribution in [0.4, 0.5) is 13.2 Å². The third-order valence-electron chi connectivity index (χ3n) is 5.72. The summed E-state index contributed by atoms with van der Waals surface area (Å²) in [6, 6.07) is 0.574. The molecule has 3 unspecified atom stereocenters. The Hall–Kier alpha value is -0.685. The first-order valence-electron chi connectivity index (χ1n) is 11.3. The number of hydrogen-bond acceptors (Lipinski definition) is 7. The number of halogens is 3. The summed E-state index contributed by atoms with van der Waals surface area (Å²) in [6.45, 7) is 12.7. The maximum atomic E-state index is 13.0. The van der Waals surface area contributed by atoms with Gasteiger partial charge in [-0.3, -0.25) is 4.79 Å². The zero-order valence-corrected chi connectivity index (χ0v) is 22.9. The summed E-state index contributed by atoms with van der Waals surface area (Å²) in [5.41, 5.74) is -0.744. The molecule has 34 heavy (non-hydrogen) atoms. The molecule has 196 valence electrons. The molecule has 0 saturated carbocycles. The number of ether oxygens (including phenoxy) is 1. The lowest BCUT2D eigenvalue weighted by Crippen LogP contribution is -2.53. The molecule has 1 fully saturated rings. The topological polar surface area (TPSA) is 101 Å². The molecule has 0 aromatic rings. The van der Waals surface area contributed by atoms with Gasteiger partial charge in [-0.05, 0) is 41.0 Å². The quantitative estimate of drug-likeness (QED) is 0.235. The number of alkyl halides is 3. The summed E-state index contributed by atoms with van der Waals surface area (Å²) >= 11 is 0. The van der Waals surface area contributed by atoms with E-state index in [2.05, 4.69) is 0 Å². The number of rotatable bonds is 12. The number of nitriles is 1. The summed E-state index contributed by atoms with van der Waals surface area (Å²) < 4.78 is 71.9. The van der Waals surface area contributed by atoms with Crippen LogP contribution in [0.1, 0.15) is 47.5 Å². The van der Waals surface area contributed by atoms with Gasteiger partial charge >= 0.3 is 12.1 Å². The van der Waals surface area contributed by atoms with Crippen molar-refractivity contribution in [2.75, 3.05) is 19.9 Å². The number of amides is 1. The van der Waals surface area contributed by atoms with Crippen LogP contribution in [0, 0.1) is 11.3 Å². The van der Waals surface area contributed by atoms with Crippen molar-refractivity contribution in [1.82, 2.24) is 9.99 Å². The molecule has 1 saturated heterocycles. The number of nitrogens with one attached hydrogen (secondary N) is 1. The van der Waals surface area contributed by atoms with Gasteiger partial charge in [0, 0.05) is 24.2 Å². The van der Waals surface area contributed by atoms with Crippen LogP contribution >= 0.6 is 15.7 Å². The molecule has 0 radical (unpaired) electrons. The maximum Gasteiger partial charge on any atom is 0.471 e.